The molecule has 1 aliphatic heterocycles. The molecule has 0 radical (unpaired) electrons. The fourth-order valence-electron chi connectivity index (χ4n) is 3.82. The Hall–Kier alpha value is -3.71. The lowest BCUT2D eigenvalue weighted by molar-refractivity contribution is -0.176. The Morgan fingerprint density at radius 2 is 1.95 bits per heavy atom. The minimum atomic E-state index is -5.02. The van der Waals surface area contributed by atoms with E-state index in [4.69, 9.17) is 31.7 Å². The molecule has 0 saturated heterocycles. The average Bonchev–Trinajstić information content (AvgIpc) is 3.50. The Bertz CT molecular complexity index is 1390. The molecule has 2 aromatic carbocycles. The summed E-state index contributed by atoms with van der Waals surface area (Å²) in [6.45, 7) is 2.20. The molecule has 14 heteroatoms. The zero-order valence-electron chi connectivity index (χ0n) is 19.7. The number of hydrogen-bond donors (Lipinski definition) is 3. The number of ether oxygens (including phenoxy) is 1. The van der Waals surface area contributed by atoms with E-state index in [1.165, 1.54) is 11.4 Å². The number of nitrogens with two attached hydrogens (primary N) is 1. The van der Waals surface area contributed by atoms with Gasteiger partial charge < -0.3 is 25.4 Å². The first-order valence-corrected chi connectivity index (χ1v) is 11.6. The van der Waals surface area contributed by atoms with Crippen LogP contribution in [0.4, 0.5) is 17.6 Å². The van der Waals surface area contributed by atoms with E-state index in [1.807, 2.05) is 18.2 Å². The second-order valence-electron chi connectivity index (χ2n) is 8.78. The topological polar surface area (TPSA) is 141 Å². The minimum Gasteiger partial charge on any atom is -0.493 e. The lowest BCUT2D eigenvalue weighted by atomic mass is 9.94. The van der Waals surface area contributed by atoms with Crippen LogP contribution < -0.4 is 15.8 Å². The van der Waals surface area contributed by atoms with Crippen LogP contribution >= 0.6 is 11.6 Å². The van der Waals surface area contributed by atoms with Crippen LogP contribution in [0.5, 0.6) is 5.75 Å². The number of hydrogen-bond acceptors (Lipinski definition) is 7. The molecule has 1 unspecified atom stereocenters. The van der Waals surface area contributed by atoms with Gasteiger partial charge in [-0.1, -0.05) is 28.9 Å². The number of carbonyl (C=O) groups is 2. The van der Waals surface area contributed by atoms with Crippen LogP contribution in [0.25, 0.3) is 22.5 Å². The summed E-state index contributed by atoms with van der Waals surface area (Å²) in [5.74, 6) is -2.91. The smallest absolute Gasteiger partial charge is 0.471 e. The predicted molar refractivity (Wildman–Crippen MR) is 126 cm³/mol. The molecule has 4 N–H and O–H groups in total. The number of nitrogens with one attached hydrogen (secondary N) is 1. The Kier molecular flexibility index (Phi) is 7.35. The maximum Gasteiger partial charge on any atom is 0.471 e. The third kappa shape index (κ3) is 5.73. The maximum absolute atomic E-state index is 14.6. The van der Waals surface area contributed by atoms with Crippen molar-refractivity contribution in [2.24, 2.45) is 5.73 Å². The van der Waals surface area contributed by atoms with E-state index in [-0.39, 0.29) is 35.3 Å². The number of amides is 1. The van der Waals surface area contributed by atoms with Gasteiger partial charge in [-0.25, -0.2) is 9.18 Å². The summed E-state index contributed by atoms with van der Waals surface area (Å²) in [7, 11) is 0. The van der Waals surface area contributed by atoms with Gasteiger partial charge in [-0.15, -0.1) is 0 Å². The molecular weight excluding hydrogens is 536 g/mol. The van der Waals surface area contributed by atoms with Crippen molar-refractivity contribution in [3.05, 3.63) is 52.6 Å². The summed E-state index contributed by atoms with van der Waals surface area (Å²) in [5.41, 5.74) is 6.92. The number of aryl methyl sites for hydroxylation is 1. The average molecular weight is 557 g/mol. The van der Waals surface area contributed by atoms with Crippen LogP contribution in [0.2, 0.25) is 5.02 Å². The van der Waals surface area contributed by atoms with Crippen LogP contribution in [-0.2, 0) is 9.59 Å². The summed E-state index contributed by atoms with van der Waals surface area (Å²) < 4.78 is 60.3. The van der Waals surface area contributed by atoms with Crippen molar-refractivity contribution in [1.82, 2.24) is 15.5 Å². The van der Waals surface area contributed by atoms with Crippen molar-refractivity contribution in [2.75, 3.05) is 6.61 Å². The Balaban J connectivity index is 0.000000219. The van der Waals surface area contributed by atoms with Gasteiger partial charge in [0, 0.05) is 30.0 Å². The van der Waals surface area contributed by atoms with Gasteiger partial charge in [-0.3, -0.25) is 4.79 Å². The fraction of sp³-hybridized carbons (Fsp3) is 0.333. The highest BCUT2D eigenvalue weighted by Gasteiger charge is 2.55. The van der Waals surface area contributed by atoms with E-state index >= 15 is 0 Å². The number of alkyl halides is 3. The first kappa shape index (κ1) is 27.3. The van der Waals surface area contributed by atoms with Gasteiger partial charge in [-0.05, 0) is 42.2 Å². The monoisotopic (exact) mass is 556 g/mol. The first-order chi connectivity index (χ1) is 17.8. The molecule has 1 aliphatic carbocycles. The Morgan fingerprint density at radius 3 is 2.53 bits per heavy atom. The van der Waals surface area contributed by atoms with E-state index in [1.54, 1.807) is 13.0 Å². The highest BCUT2D eigenvalue weighted by molar-refractivity contribution is 6.31. The van der Waals surface area contributed by atoms with Crippen molar-refractivity contribution < 1.29 is 41.5 Å². The first-order valence-electron chi connectivity index (χ1n) is 11.3. The van der Waals surface area contributed by atoms with Crippen LogP contribution in [0.3, 0.4) is 0 Å². The third-order valence-corrected chi connectivity index (χ3v) is 6.20. The van der Waals surface area contributed by atoms with Gasteiger partial charge in [0.15, 0.2) is 0 Å². The SMILES string of the molecule is Cc1nc(-c2c(F)cc(Cl)cc2-c2ccc3c(c2)OCCC3N)no1.O=C(NC1(C(=O)O)CC1)C(F)(F)F. The molecule has 1 aromatic heterocycles. The summed E-state index contributed by atoms with van der Waals surface area (Å²) in [5, 5.41) is 14.0. The zero-order valence-corrected chi connectivity index (χ0v) is 20.5. The highest BCUT2D eigenvalue weighted by Crippen LogP contribution is 2.40. The lowest BCUT2D eigenvalue weighted by Gasteiger charge is -2.23. The molecule has 3 aromatic rings. The van der Waals surface area contributed by atoms with Gasteiger partial charge in [0.1, 0.15) is 17.1 Å². The van der Waals surface area contributed by atoms with Crippen molar-refractivity contribution in [1.29, 1.82) is 0 Å². The van der Waals surface area contributed by atoms with Crippen LogP contribution in [0.15, 0.2) is 34.9 Å². The molecule has 38 heavy (non-hydrogen) atoms. The molecular formula is C24H21ClF4N4O5. The molecule has 1 atom stereocenters. The Morgan fingerprint density at radius 1 is 1.24 bits per heavy atom. The highest BCUT2D eigenvalue weighted by atomic mass is 35.5. The molecule has 9 nitrogen and oxygen atoms in total. The van der Waals surface area contributed by atoms with E-state index < -0.39 is 29.4 Å². The van der Waals surface area contributed by atoms with Gasteiger partial charge in [0.2, 0.25) is 11.7 Å². The normalized spacial score (nSPS) is 17.4. The Labute approximate surface area is 217 Å². The van der Waals surface area contributed by atoms with Gasteiger partial charge in [-0.2, -0.15) is 18.2 Å². The number of nitrogens with zero attached hydrogens (tertiary/aromatic N) is 2. The largest absolute Gasteiger partial charge is 0.493 e. The summed E-state index contributed by atoms with van der Waals surface area (Å²) >= 11 is 6.08. The number of carboxylic acids is 1. The van der Waals surface area contributed by atoms with E-state index in [2.05, 4.69) is 10.1 Å². The van der Waals surface area contributed by atoms with Crippen molar-refractivity contribution in [3.63, 3.8) is 0 Å². The molecule has 2 aliphatic rings. The van der Waals surface area contributed by atoms with Crippen LogP contribution in [0.1, 0.15) is 36.8 Å². The number of aromatic nitrogens is 2. The van der Waals surface area contributed by atoms with Crippen molar-refractivity contribution in [2.45, 2.75) is 43.9 Å². The summed E-state index contributed by atoms with van der Waals surface area (Å²) in [6, 6.07) is 8.46. The standard InChI is InChI=1S/C18H15ClFN3O2.C6H6F3NO3/c1-9-22-18(23-25-9)17-13(7-11(19)8-14(17)20)10-2-3-12-15(21)4-5-24-16(12)6-10;7-6(8,9)3(11)10-5(1-2-5)4(12)13/h2-3,6-8,15H,4-5,21H2,1H3;1-2H2,(H,10,11)(H,12,13). The maximum atomic E-state index is 14.6. The number of carbonyl (C=O) groups excluding carboxylic acids is 1. The quantitative estimate of drug-likeness (QED) is 0.397. The molecule has 0 spiro atoms. The number of halogens is 5. The van der Waals surface area contributed by atoms with Gasteiger partial charge in [0.25, 0.3) is 0 Å². The number of fused-ring (bicyclic) bond motifs is 1. The number of benzene rings is 2. The molecule has 0 bridgehead atoms. The molecule has 2 heterocycles. The summed E-state index contributed by atoms with van der Waals surface area (Å²) in [6.07, 6.45) is -4.16. The van der Waals surface area contributed by atoms with Gasteiger partial charge >= 0.3 is 18.1 Å². The van der Waals surface area contributed by atoms with Crippen molar-refractivity contribution >= 4 is 23.5 Å². The van der Waals surface area contributed by atoms with E-state index in [9.17, 15) is 27.2 Å². The van der Waals surface area contributed by atoms with Crippen molar-refractivity contribution in [3.8, 4) is 28.3 Å². The third-order valence-electron chi connectivity index (χ3n) is 5.99. The molecule has 1 fully saturated rings. The molecule has 1 saturated carbocycles. The van der Waals surface area contributed by atoms with Gasteiger partial charge in [0.05, 0.1) is 12.2 Å². The van der Waals surface area contributed by atoms with E-state index in [0.29, 0.717) is 23.8 Å². The number of carboxylic acid groups (broad SMARTS) is 1. The molecule has 202 valence electrons. The second-order valence-corrected chi connectivity index (χ2v) is 9.22. The van der Waals surface area contributed by atoms with Crippen LogP contribution in [0, 0.1) is 12.7 Å². The van der Waals surface area contributed by atoms with E-state index in [0.717, 1.165) is 17.5 Å². The number of rotatable bonds is 4. The lowest BCUT2D eigenvalue weighted by Crippen LogP contribution is -2.48. The summed E-state index contributed by atoms with van der Waals surface area (Å²) in [4.78, 5) is 24.8. The fourth-order valence-corrected chi connectivity index (χ4v) is 4.02. The predicted octanol–water partition coefficient (Wildman–Crippen LogP) is 4.57. The molecule has 1 amide bonds. The number of aliphatic carboxylic acids is 1. The molecule has 5 rings (SSSR count). The zero-order chi connectivity index (χ0) is 27.8. The minimum absolute atomic E-state index is 0.0458. The second kappa shape index (κ2) is 10.2. The van der Waals surface area contributed by atoms with Crippen LogP contribution in [-0.4, -0.2) is 45.4 Å².